The van der Waals surface area contributed by atoms with Crippen LogP contribution < -0.4 is 20.1 Å². The van der Waals surface area contributed by atoms with E-state index in [1.807, 2.05) is 18.2 Å². The Morgan fingerprint density at radius 3 is 2.24 bits per heavy atom. The summed E-state index contributed by atoms with van der Waals surface area (Å²) in [7, 11) is 0. The minimum Gasteiger partial charge on any atom is -0.454 e. The molecule has 0 spiro atoms. The summed E-state index contributed by atoms with van der Waals surface area (Å²) in [6, 6.07) is 13.4. The zero-order chi connectivity index (χ0) is 17.2. The van der Waals surface area contributed by atoms with E-state index in [0.717, 1.165) is 17.1 Å². The van der Waals surface area contributed by atoms with Crippen LogP contribution in [0.25, 0.3) is 0 Å². The second-order valence-corrected chi connectivity index (χ2v) is 5.51. The summed E-state index contributed by atoms with van der Waals surface area (Å²) in [5.74, 6) is 2.99. The van der Waals surface area contributed by atoms with Crippen LogP contribution in [0, 0.1) is 12.7 Å². The molecule has 4 rings (SSSR count). The Hall–Kier alpha value is -3.35. The molecule has 3 aromatic rings. The first-order chi connectivity index (χ1) is 12.2. The Labute approximate surface area is 143 Å². The molecule has 2 N–H and O–H groups in total. The monoisotopic (exact) mass is 338 g/mol. The quantitative estimate of drug-likeness (QED) is 0.745. The summed E-state index contributed by atoms with van der Waals surface area (Å²) in [5, 5.41) is 6.36. The number of hydrogen-bond acceptors (Lipinski definition) is 6. The van der Waals surface area contributed by atoms with Gasteiger partial charge >= 0.3 is 0 Å². The topological polar surface area (TPSA) is 68.3 Å². The first kappa shape index (κ1) is 15.2. The fourth-order valence-corrected chi connectivity index (χ4v) is 2.50. The van der Waals surface area contributed by atoms with Gasteiger partial charge < -0.3 is 20.1 Å². The highest BCUT2D eigenvalue weighted by atomic mass is 19.1. The largest absolute Gasteiger partial charge is 0.454 e. The molecule has 0 unspecified atom stereocenters. The molecule has 0 bridgehead atoms. The van der Waals surface area contributed by atoms with Gasteiger partial charge in [0.25, 0.3) is 0 Å². The molecule has 25 heavy (non-hydrogen) atoms. The third-order valence-corrected chi connectivity index (χ3v) is 3.60. The van der Waals surface area contributed by atoms with E-state index < -0.39 is 0 Å². The highest BCUT2D eigenvalue weighted by molar-refractivity contribution is 5.65. The van der Waals surface area contributed by atoms with E-state index in [0.29, 0.717) is 23.2 Å². The van der Waals surface area contributed by atoms with Gasteiger partial charge in [0, 0.05) is 23.5 Å². The van der Waals surface area contributed by atoms with Crippen molar-refractivity contribution in [2.24, 2.45) is 0 Å². The molecule has 0 radical (unpaired) electrons. The number of aromatic nitrogens is 2. The predicted octanol–water partition coefficient (Wildman–Crippen LogP) is 4.14. The molecule has 0 saturated heterocycles. The van der Waals surface area contributed by atoms with Gasteiger partial charge in [-0.25, -0.2) is 14.4 Å². The van der Waals surface area contributed by atoms with Gasteiger partial charge in [0.15, 0.2) is 11.5 Å². The molecule has 6 nitrogen and oxygen atoms in total. The SMILES string of the molecule is Cc1nc(Nc2ccc(F)cc2)cc(Nc2ccc3c(c2)OCO3)n1. The summed E-state index contributed by atoms with van der Waals surface area (Å²) in [6.07, 6.45) is 0. The van der Waals surface area contributed by atoms with E-state index in [-0.39, 0.29) is 12.6 Å². The van der Waals surface area contributed by atoms with Crippen molar-refractivity contribution in [2.45, 2.75) is 6.92 Å². The van der Waals surface area contributed by atoms with E-state index in [4.69, 9.17) is 9.47 Å². The lowest BCUT2D eigenvalue weighted by Gasteiger charge is -2.10. The normalized spacial score (nSPS) is 12.1. The lowest BCUT2D eigenvalue weighted by Crippen LogP contribution is -2.01. The van der Waals surface area contributed by atoms with Crippen molar-refractivity contribution in [1.82, 2.24) is 9.97 Å². The van der Waals surface area contributed by atoms with E-state index in [1.54, 1.807) is 25.1 Å². The maximum atomic E-state index is 13.0. The average Bonchev–Trinajstić information content (AvgIpc) is 3.04. The molecule has 1 aliphatic heterocycles. The van der Waals surface area contributed by atoms with Gasteiger partial charge in [-0.15, -0.1) is 0 Å². The Bertz CT molecular complexity index is 915. The minimum absolute atomic E-state index is 0.233. The van der Waals surface area contributed by atoms with Gasteiger partial charge in [0.1, 0.15) is 23.3 Å². The van der Waals surface area contributed by atoms with Gasteiger partial charge in [-0.05, 0) is 43.3 Å². The van der Waals surface area contributed by atoms with Gasteiger partial charge in [0.2, 0.25) is 6.79 Å². The lowest BCUT2D eigenvalue weighted by atomic mass is 10.2. The Morgan fingerprint density at radius 2 is 1.48 bits per heavy atom. The number of anilines is 4. The summed E-state index contributed by atoms with van der Waals surface area (Å²) < 4.78 is 23.7. The Morgan fingerprint density at radius 1 is 0.840 bits per heavy atom. The molecule has 126 valence electrons. The van der Waals surface area contributed by atoms with Gasteiger partial charge in [-0.1, -0.05) is 0 Å². The zero-order valence-electron chi connectivity index (χ0n) is 13.4. The molecular formula is C18H15FN4O2. The molecule has 0 amide bonds. The summed E-state index contributed by atoms with van der Waals surface area (Å²) in [5.41, 5.74) is 1.57. The molecular weight excluding hydrogens is 323 g/mol. The number of hydrogen-bond donors (Lipinski definition) is 2. The van der Waals surface area contributed by atoms with Crippen molar-refractivity contribution in [3.05, 3.63) is 60.2 Å². The number of ether oxygens (including phenoxy) is 2. The van der Waals surface area contributed by atoms with Crippen molar-refractivity contribution in [1.29, 1.82) is 0 Å². The number of benzene rings is 2. The molecule has 2 heterocycles. The van der Waals surface area contributed by atoms with E-state index in [1.165, 1.54) is 12.1 Å². The van der Waals surface area contributed by atoms with Crippen molar-refractivity contribution in [3.63, 3.8) is 0 Å². The predicted molar refractivity (Wildman–Crippen MR) is 92.3 cm³/mol. The number of nitrogens with zero attached hydrogens (tertiary/aromatic N) is 2. The number of fused-ring (bicyclic) bond motifs is 1. The van der Waals surface area contributed by atoms with Crippen LogP contribution >= 0.6 is 0 Å². The average molecular weight is 338 g/mol. The maximum absolute atomic E-state index is 13.0. The molecule has 0 fully saturated rings. The number of halogens is 1. The van der Waals surface area contributed by atoms with Crippen LogP contribution in [0.5, 0.6) is 11.5 Å². The fraction of sp³-hybridized carbons (Fsp3) is 0.111. The fourth-order valence-electron chi connectivity index (χ4n) is 2.50. The van der Waals surface area contributed by atoms with Crippen LogP contribution in [0.4, 0.5) is 27.4 Å². The van der Waals surface area contributed by atoms with Crippen LogP contribution in [0.3, 0.4) is 0 Å². The van der Waals surface area contributed by atoms with Crippen LogP contribution in [-0.4, -0.2) is 16.8 Å². The van der Waals surface area contributed by atoms with Crippen LogP contribution in [0.1, 0.15) is 5.82 Å². The van der Waals surface area contributed by atoms with Gasteiger partial charge in [0.05, 0.1) is 0 Å². The molecule has 0 aliphatic carbocycles. The highest BCUT2D eigenvalue weighted by Crippen LogP contribution is 2.35. The molecule has 1 aliphatic rings. The third-order valence-electron chi connectivity index (χ3n) is 3.60. The zero-order valence-corrected chi connectivity index (χ0v) is 13.4. The third kappa shape index (κ3) is 3.45. The second-order valence-electron chi connectivity index (χ2n) is 5.51. The maximum Gasteiger partial charge on any atom is 0.231 e. The summed E-state index contributed by atoms with van der Waals surface area (Å²) in [6.45, 7) is 2.04. The second kappa shape index (κ2) is 6.27. The number of rotatable bonds is 4. The van der Waals surface area contributed by atoms with Crippen LogP contribution in [0.15, 0.2) is 48.5 Å². The number of aryl methyl sites for hydroxylation is 1. The van der Waals surface area contributed by atoms with Crippen LogP contribution in [0.2, 0.25) is 0 Å². The lowest BCUT2D eigenvalue weighted by molar-refractivity contribution is 0.174. The molecule has 2 aromatic carbocycles. The Balaban J connectivity index is 1.56. The first-order valence-electron chi connectivity index (χ1n) is 7.71. The highest BCUT2D eigenvalue weighted by Gasteiger charge is 2.13. The van der Waals surface area contributed by atoms with Gasteiger partial charge in [-0.2, -0.15) is 0 Å². The molecule has 0 atom stereocenters. The van der Waals surface area contributed by atoms with E-state index >= 15 is 0 Å². The number of nitrogens with one attached hydrogen (secondary N) is 2. The standard InChI is InChI=1S/C18H15FN4O2/c1-11-20-17(22-13-4-2-12(19)3-5-13)9-18(21-11)23-14-6-7-15-16(8-14)25-10-24-15/h2-9H,10H2,1H3,(H2,20,21,22,23). The van der Waals surface area contributed by atoms with E-state index in [9.17, 15) is 4.39 Å². The van der Waals surface area contributed by atoms with Crippen molar-refractivity contribution < 1.29 is 13.9 Å². The smallest absolute Gasteiger partial charge is 0.231 e. The molecule has 7 heteroatoms. The van der Waals surface area contributed by atoms with Crippen LogP contribution in [-0.2, 0) is 0 Å². The first-order valence-corrected chi connectivity index (χ1v) is 7.71. The van der Waals surface area contributed by atoms with Gasteiger partial charge in [-0.3, -0.25) is 0 Å². The van der Waals surface area contributed by atoms with E-state index in [2.05, 4.69) is 20.6 Å². The summed E-state index contributed by atoms with van der Waals surface area (Å²) in [4.78, 5) is 8.73. The minimum atomic E-state index is -0.283. The molecule has 0 saturated carbocycles. The van der Waals surface area contributed by atoms with Crippen molar-refractivity contribution >= 4 is 23.0 Å². The molecule has 1 aromatic heterocycles. The van der Waals surface area contributed by atoms with Crippen molar-refractivity contribution in [3.8, 4) is 11.5 Å². The summed E-state index contributed by atoms with van der Waals surface area (Å²) >= 11 is 0. The van der Waals surface area contributed by atoms with Crippen molar-refractivity contribution in [2.75, 3.05) is 17.4 Å². The Kier molecular flexibility index (Phi) is 3.81.